The van der Waals surface area contributed by atoms with E-state index in [-0.39, 0.29) is 18.6 Å². The van der Waals surface area contributed by atoms with Gasteiger partial charge in [-0.25, -0.2) is 0 Å². The van der Waals surface area contributed by atoms with E-state index in [0.717, 1.165) is 0 Å². The van der Waals surface area contributed by atoms with Crippen LogP contribution >= 0.6 is 23.4 Å². The normalized spacial score (nSPS) is 8.60. The smallest absolute Gasteiger partial charge is 0.0731 e. The van der Waals surface area contributed by atoms with Crippen LogP contribution in [0.3, 0.4) is 0 Å². The van der Waals surface area contributed by atoms with Crippen molar-refractivity contribution in [3.8, 4) is 0 Å². The van der Waals surface area contributed by atoms with Crippen molar-refractivity contribution < 1.29 is 18.6 Å². The van der Waals surface area contributed by atoms with Crippen molar-refractivity contribution in [2.24, 2.45) is 0 Å². The van der Waals surface area contributed by atoms with Crippen molar-refractivity contribution in [2.75, 3.05) is 6.26 Å². The maximum Gasteiger partial charge on any atom is 0.0731 e. The van der Waals surface area contributed by atoms with Crippen LogP contribution in [0.4, 0.5) is 0 Å². The van der Waals surface area contributed by atoms with Crippen molar-refractivity contribution in [3.05, 3.63) is 17.4 Å². The van der Waals surface area contributed by atoms with Crippen LogP contribution < -0.4 is 0 Å². The number of hydrogen-bond acceptors (Lipinski definition) is 3. The predicted molar refractivity (Wildman–Crippen MR) is 37.7 cm³/mol. The molecule has 0 unspecified atom stereocenters. The third kappa shape index (κ3) is 2.93. The Labute approximate surface area is 80.7 Å². The summed E-state index contributed by atoms with van der Waals surface area (Å²) >= 11 is 6.97. The fraction of sp³-hybridized carbons (Fsp3) is 0.200. The molecular weight excluding hydrogens is 207 g/mol. The zero-order valence-electron chi connectivity index (χ0n) is 5.21. The average molecular weight is 211 g/mol. The molecule has 5 heteroatoms. The molecule has 0 fully saturated rings. The Morgan fingerprint density at radius 1 is 1.70 bits per heavy atom. The monoisotopic (exact) mass is 210 g/mol. The molecule has 1 aromatic heterocycles. The number of halogens is 1. The predicted octanol–water partition coefficient (Wildman–Crippen LogP) is 1.65. The first-order chi connectivity index (χ1) is 4.33. The number of thioether (sulfide) groups is 1. The molecule has 10 heavy (non-hydrogen) atoms. The average Bonchev–Trinajstić information content (AvgIpc) is 1.88. The molecule has 2 nitrogen and oxygen atoms in total. The van der Waals surface area contributed by atoms with Gasteiger partial charge in [0.25, 0.3) is 0 Å². The molecule has 0 saturated carbocycles. The molecule has 0 N–H and O–H groups in total. The Morgan fingerprint density at radius 3 is 2.80 bits per heavy atom. The molecular formula is C5H4ClN2SV-. The largest absolute Gasteiger partial charge is 0.364 e. The minimum Gasteiger partial charge on any atom is -0.364 e. The van der Waals surface area contributed by atoms with E-state index >= 15 is 0 Å². The molecule has 0 aromatic carbocycles. The molecule has 1 aromatic rings. The van der Waals surface area contributed by atoms with E-state index in [1.54, 1.807) is 0 Å². The molecule has 0 spiro atoms. The van der Waals surface area contributed by atoms with Gasteiger partial charge < -0.3 is 9.97 Å². The minimum atomic E-state index is 0. The maximum atomic E-state index is 5.53. The van der Waals surface area contributed by atoms with E-state index in [0.29, 0.717) is 10.3 Å². The Bertz CT molecular complexity index is 209. The third-order valence-corrected chi connectivity index (χ3v) is 1.47. The van der Waals surface area contributed by atoms with Crippen LogP contribution in [0.25, 0.3) is 0 Å². The SMILES string of the molecule is CSc1n[c-]cc(Cl)n1.[V]. The van der Waals surface area contributed by atoms with Crippen LogP contribution in [0.1, 0.15) is 0 Å². The summed E-state index contributed by atoms with van der Waals surface area (Å²) in [5, 5.41) is 1.09. The van der Waals surface area contributed by atoms with Crippen LogP contribution in [-0.4, -0.2) is 16.2 Å². The number of rotatable bonds is 1. The van der Waals surface area contributed by atoms with Gasteiger partial charge >= 0.3 is 0 Å². The summed E-state index contributed by atoms with van der Waals surface area (Å²) in [6.07, 6.45) is 4.50. The van der Waals surface area contributed by atoms with Gasteiger partial charge in [-0.1, -0.05) is 6.20 Å². The fourth-order valence-corrected chi connectivity index (χ4v) is 0.893. The quantitative estimate of drug-likeness (QED) is 0.305. The summed E-state index contributed by atoms with van der Waals surface area (Å²) in [4.78, 5) is 7.68. The first kappa shape index (κ1) is 10.3. The maximum absolute atomic E-state index is 5.53. The number of hydrogen-bond donors (Lipinski definition) is 0. The molecule has 53 valence electrons. The van der Waals surface area contributed by atoms with Crippen molar-refractivity contribution in [2.45, 2.75) is 5.16 Å². The van der Waals surface area contributed by atoms with Crippen LogP contribution in [-0.2, 0) is 18.6 Å². The first-order valence-electron chi connectivity index (χ1n) is 2.27. The molecule has 0 saturated heterocycles. The summed E-state index contributed by atoms with van der Waals surface area (Å²) in [5.74, 6) is 0. The second-order valence-electron chi connectivity index (χ2n) is 1.31. The van der Waals surface area contributed by atoms with Gasteiger partial charge in [0.1, 0.15) is 0 Å². The van der Waals surface area contributed by atoms with Crippen molar-refractivity contribution in [1.82, 2.24) is 9.97 Å². The summed E-state index contributed by atoms with van der Waals surface area (Å²) in [7, 11) is 0. The van der Waals surface area contributed by atoms with E-state index in [4.69, 9.17) is 11.6 Å². The molecule has 1 radical (unpaired) electrons. The summed E-state index contributed by atoms with van der Waals surface area (Å²) in [6.45, 7) is 0. The molecule has 0 atom stereocenters. The molecule has 0 aliphatic rings. The Hall–Kier alpha value is 0.304. The van der Waals surface area contributed by atoms with Gasteiger partial charge in [-0.15, -0.1) is 17.7 Å². The zero-order chi connectivity index (χ0) is 6.69. The van der Waals surface area contributed by atoms with E-state index in [1.807, 2.05) is 6.26 Å². The minimum absolute atomic E-state index is 0. The van der Waals surface area contributed by atoms with Gasteiger partial charge in [-0.2, -0.15) is 11.8 Å². The Morgan fingerprint density at radius 2 is 2.40 bits per heavy atom. The first-order valence-corrected chi connectivity index (χ1v) is 3.88. The van der Waals surface area contributed by atoms with Gasteiger partial charge in [0.05, 0.1) is 5.16 Å². The molecule has 1 heterocycles. The van der Waals surface area contributed by atoms with Crippen molar-refractivity contribution in [3.63, 3.8) is 0 Å². The van der Waals surface area contributed by atoms with Crippen molar-refractivity contribution >= 4 is 23.4 Å². The molecule has 0 aliphatic heterocycles. The van der Waals surface area contributed by atoms with Crippen LogP contribution in [0.2, 0.25) is 5.15 Å². The molecule has 0 aliphatic carbocycles. The van der Waals surface area contributed by atoms with E-state index in [9.17, 15) is 0 Å². The van der Waals surface area contributed by atoms with Gasteiger partial charge in [0.2, 0.25) is 0 Å². The Balaban J connectivity index is 0.000000810. The topological polar surface area (TPSA) is 25.8 Å². The van der Waals surface area contributed by atoms with Gasteiger partial charge in [-0.3, -0.25) is 0 Å². The molecule has 0 bridgehead atoms. The van der Waals surface area contributed by atoms with Crippen molar-refractivity contribution in [1.29, 1.82) is 0 Å². The summed E-state index contributed by atoms with van der Waals surface area (Å²) in [6, 6.07) is 1.53. The second kappa shape index (κ2) is 5.02. The fourth-order valence-electron chi connectivity index (χ4n) is 0.381. The molecule has 1 rings (SSSR count). The summed E-state index contributed by atoms with van der Waals surface area (Å²) in [5.41, 5.74) is 0. The van der Waals surface area contributed by atoms with E-state index in [2.05, 4.69) is 16.2 Å². The zero-order valence-corrected chi connectivity index (χ0v) is 8.17. The van der Waals surface area contributed by atoms with Gasteiger partial charge in [0, 0.05) is 23.7 Å². The number of aromatic nitrogens is 2. The van der Waals surface area contributed by atoms with E-state index < -0.39 is 0 Å². The van der Waals surface area contributed by atoms with Gasteiger partial charge in [-0.05, 0) is 6.26 Å². The molecule has 0 amide bonds. The standard InChI is InChI=1S/C5H4ClN2S.V/c1-9-5-7-3-2-4(6)8-5;/h2H,1H3;/q-1;. The van der Waals surface area contributed by atoms with Gasteiger partial charge in [0.15, 0.2) is 0 Å². The van der Waals surface area contributed by atoms with Crippen LogP contribution in [0, 0.1) is 6.20 Å². The van der Waals surface area contributed by atoms with Crippen LogP contribution in [0.15, 0.2) is 11.2 Å². The second-order valence-corrected chi connectivity index (χ2v) is 2.47. The van der Waals surface area contributed by atoms with E-state index in [1.165, 1.54) is 17.8 Å². The Kier molecular flexibility index (Phi) is 5.17. The third-order valence-electron chi connectivity index (χ3n) is 0.729. The number of nitrogens with zero attached hydrogens (tertiary/aromatic N) is 2. The van der Waals surface area contributed by atoms with Crippen LogP contribution in [0.5, 0.6) is 0 Å². The summed E-state index contributed by atoms with van der Waals surface area (Å²) < 4.78 is 0.